The van der Waals surface area contributed by atoms with E-state index in [-0.39, 0.29) is 18.1 Å². The smallest absolute Gasteiger partial charge is 0.317 e. The number of aliphatic hydroxyl groups is 1. The van der Waals surface area contributed by atoms with Gasteiger partial charge >= 0.3 is 6.03 Å². The van der Waals surface area contributed by atoms with Crippen LogP contribution in [0.5, 0.6) is 0 Å². The van der Waals surface area contributed by atoms with Gasteiger partial charge in [-0.1, -0.05) is 26.7 Å². The molecule has 0 bridgehead atoms. The molecule has 0 aromatic heterocycles. The lowest BCUT2D eigenvalue weighted by atomic mass is 9.89. The highest BCUT2D eigenvalue weighted by atomic mass is 16.3. The molecule has 1 saturated heterocycles. The van der Waals surface area contributed by atoms with Crippen molar-refractivity contribution in [2.45, 2.75) is 58.4 Å². The first kappa shape index (κ1) is 17.5. The highest BCUT2D eigenvalue weighted by molar-refractivity contribution is 5.74. The number of nitrogens with zero attached hydrogens (tertiary/aromatic N) is 2. The molecular formula is C17H33N3O2. The Balaban J connectivity index is 1.61. The standard InChI is InChI=1S/C17H33N3O2/c1-17(2,14-21)8-5-9-18-16(22)20-12-10-19(11-13-20)15-6-3-4-7-15/h15,21H,3-14H2,1-2H3,(H,18,22). The second kappa shape index (κ2) is 8.16. The van der Waals surface area contributed by atoms with Crippen LogP contribution in [0, 0.1) is 5.41 Å². The van der Waals surface area contributed by atoms with E-state index in [0.29, 0.717) is 6.54 Å². The van der Waals surface area contributed by atoms with Gasteiger partial charge in [-0.2, -0.15) is 0 Å². The van der Waals surface area contributed by atoms with Crippen LogP contribution >= 0.6 is 0 Å². The van der Waals surface area contributed by atoms with Crippen LogP contribution in [0.4, 0.5) is 4.79 Å². The van der Waals surface area contributed by atoms with Gasteiger partial charge in [-0.25, -0.2) is 4.79 Å². The summed E-state index contributed by atoms with van der Waals surface area (Å²) >= 11 is 0. The van der Waals surface area contributed by atoms with E-state index in [9.17, 15) is 9.90 Å². The number of aliphatic hydroxyl groups excluding tert-OH is 1. The molecule has 22 heavy (non-hydrogen) atoms. The van der Waals surface area contributed by atoms with E-state index in [1.807, 2.05) is 4.90 Å². The molecule has 2 N–H and O–H groups in total. The first-order valence-corrected chi connectivity index (χ1v) is 8.89. The molecule has 1 heterocycles. The topological polar surface area (TPSA) is 55.8 Å². The van der Waals surface area contributed by atoms with Gasteiger partial charge in [0, 0.05) is 45.4 Å². The summed E-state index contributed by atoms with van der Waals surface area (Å²) in [6, 6.07) is 0.846. The Morgan fingerprint density at radius 2 is 1.82 bits per heavy atom. The molecule has 128 valence electrons. The van der Waals surface area contributed by atoms with Crippen molar-refractivity contribution in [1.29, 1.82) is 0 Å². The average Bonchev–Trinajstić information content (AvgIpc) is 3.06. The maximum absolute atomic E-state index is 12.2. The van der Waals surface area contributed by atoms with Gasteiger partial charge in [0.05, 0.1) is 0 Å². The first-order chi connectivity index (χ1) is 10.5. The monoisotopic (exact) mass is 311 g/mol. The maximum Gasteiger partial charge on any atom is 0.317 e. The molecule has 0 radical (unpaired) electrons. The third kappa shape index (κ3) is 5.13. The Labute approximate surface area is 135 Å². The molecule has 1 aliphatic carbocycles. The van der Waals surface area contributed by atoms with E-state index in [4.69, 9.17) is 0 Å². The summed E-state index contributed by atoms with van der Waals surface area (Å²) in [6.45, 7) is 8.75. The minimum Gasteiger partial charge on any atom is -0.396 e. The van der Waals surface area contributed by atoms with Gasteiger partial charge in [0.25, 0.3) is 0 Å². The molecule has 1 saturated carbocycles. The second-order valence-corrected chi connectivity index (χ2v) is 7.62. The highest BCUT2D eigenvalue weighted by Gasteiger charge is 2.27. The van der Waals surface area contributed by atoms with Crippen molar-refractivity contribution in [3.8, 4) is 0 Å². The predicted octanol–water partition coefficient (Wildman–Crippen LogP) is 2.05. The molecule has 1 aliphatic heterocycles. The minimum absolute atomic E-state index is 0.0440. The number of piperazine rings is 1. The Morgan fingerprint density at radius 1 is 1.18 bits per heavy atom. The molecular weight excluding hydrogens is 278 g/mol. The summed E-state index contributed by atoms with van der Waals surface area (Å²) in [5.74, 6) is 0. The fourth-order valence-electron chi connectivity index (χ4n) is 3.51. The van der Waals surface area contributed by atoms with Crippen molar-refractivity contribution in [3.63, 3.8) is 0 Å². The first-order valence-electron chi connectivity index (χ1n) is 8.89. The molecule has 0 spiro atoms. The van der Waals surface area contributed by atoms with Crippen LogP contribution in [0.1, 0.15) is 52.4 Å². The normalized spacial score (nSPS) is 21.3. The predicted molar refractivity (Wildman–Crippen MR) is 88.9 cm³/mol. The molecule has 5 heteroatoms. The van der Waals surface area contributed by atoms with Crippen LogP contribution in [0.2, 0.25) is 0 Å². The molecule has 0 aromatic carbocycles. The zero-order valence-corrected chi connectivity index (χ0v) is 14.3. The second-order valence-electron chi connectivity index (χ2n) is 7.62. The lowest BCUT2D eigenvalue weighted by Gasteiger charge is -2.38. The van der Waals surface area contributed by atoms with E-state index in [1.54, 1.807) is 0 Å². The number of nitrogens with one attached hydrogen (secondary N) is 1. The van der Waals surface area contributed by atoms with Crippen LogP contribution in [0.25, 0.3) is 0 Å². The van der Waals surface area contributed by atoms with Crippen molar-refractivity contribution in [1.82, 2.24) is 15.1 Å². The van der Waals surface area contributed by atoms with Crippen molar-refractivity contribution in [3.05, 3.63) is 0 Å². The average molecular weight is 311 g/mol. The van der Waals surface area contributed by atoms with Crippen molar-refractivity contribution < 1.29 is 9.90 Å². The van der Waals surface area contributed by atoms with Gasteiger partial charge in [-0.3, -0.25) is 4.90 Å². The van der Waals surface area contributed by atoms with Gasteiger partial charge in [-0.15, -0.1) is 0 Å². The zero-order valence-electron chi connectivity index (χ0n) is 14.3. The molecule has 2 aliphatic rings. The number of hydrogen-bond donors (Lipinski definition) is 2. The largest absolute Gasteiger partial charge is 0.396 e. The van der Waals surface area contributed by atoms with Crippen molar-refractivity contribution in [2.75, 3.05) is 39.3 Å². The van der Waals surface area contributed by atoms with Gasteiger partial charge in [0.2, 0.25) is 0 Å². The molecule has 0 atom stereocenters. The van der Waals surface area contributed by atoms with Crippen LogP contribution in [0.15, 0.2) is 0 Å². The molecule has 5 nitrogen and oxygen atoms in total. The van der Waals surface area contributed by atoms with E-state index < -0.39 is 0 Å². The number of hydrogen-bond acceptors (Lipinski definition) is 3. The summed E-state index contributed by atoms with van der Waals surface area (Å²) in [5, 5.41) is 12.2. The molecule has 0 unspecified atom stereocenters. The van der Waals surface area contributed by atoms with Crippen molar-refractivity contribution >= 4 is 6.03 Å². The molecule has 2 rings (SSSR count). The van der Waals surface area contributed by atoms with E-state index >= 15 is 0 Å². The van der Waals surface area contributed by atoms with Crippen LogP contribution in [-0.4, -0.2) is 66.3 Å². The fourth-order valence-corrected chi connectivity index (χ4v) is 3.51. The van der Waals surface area contributed by atoms with Crippen LogP contribution < -0.4 is 5.32 Å². The van der Waals surface area contributed by atoms with Gasteiger partial charge < -0.3 is 15.3 Å². The van der Waals surface area contributed by atoms with Crippen LogP contribution in [0.3, 0.4) is 0 Å². The highest BCUT2D eigenvalue weighted by Crippen LogP contribution is 2.24. The lowest BCUT2D eigenvalue weighted by molar-refractivity contribution is 0.109. The Morgan fingerprint density at radius 3 is 2.41 bits per heavy atom. The summed E-state index contributed by atoms with van der Waals surface area (Å²) in [7, 11) is 0. The van der Waals surface area contributed by atoms with E-state index in [1.165, 1.54) is 25.7 Å². The van der Waals surface area contributed by atoms with Crippen molar-refractivity contribution in [2.24, 2.45) is 5.41 Å². The van der Waals surface area contributed by atoms with Gasteiger partial charge in [0.1, 0.15) is 0 Å². The van der Waals surface area contributed by atoms with E-state index in [2.05, 4.69) is 24.1 Å². The lowest BCUT2D eigenvalue weighted by Crippen LogP contribution is -2.53. The van der Waals surface area contributed by atoms with E-state index in [0.717, 1.165) is 45.1 Å². The number of rotatable bonds is 6. The van der Waals surface area contributed by atoms with Gasteiger partial charge in [-0.05, 0) is 31.1 Å². The number of carbonyl (C=O) groups excluding carboxylic acids is 1. The summed E-state index contributed by atoms with van der Waals surface area (Å²) in [5.41, 5.74) is -0.0440. The zero-order chi connectivity index (χ0) is 16.0. The fraction of sp³-hybridized carbons (Fsp3) is 0.941. The minimum atomic E-state index is -0.0440. The molecule has 0 aromatic rings. The van der Waals surface area contributed by atoms with Gasteiger partial charge in [0.15, 0.2) is 0 Å². The third-order valence-electron chi connectivity index (χ3n) is 5.18. The molecule has 2 amide bonds. The SMILES string of the molecule is CC(C)(CO)CCCNC(=O)N1CCN(C2CCCC2)CC1. The third-order valence-corrected chi connectivity index (χ3v) is 5.18. The number of carbonyl (C=O) groups is 1. The maximum atomic E-state index is 12.2. The van der Waals surface area contributed by atoms with Crippen LogP contribution in [-0.2, 0) is 0 Å². The Kier molecular flexibility index (Phi) is 6.50. The summed E-state index contributed by atoms with van der Waals surface area (Å²) in [6.07, 6.45) is 7.27. The molecule has 2 fully saturated rings. The Bertz CT molecular complexity index is 346. The Hall–Kier alpha value is -0.810. The summed E-state index contributed by atoms with van der Waals surface area (Å²) < 4.78 is 0. The quantitative estimate of drug-likeness (QED) is 0.738. The number of amides is 2. The summed E-state index contributed by atoms with van der Waals surface area (Å²) in [4.78, 5) is 16.7. The number of urea groups is 1.